The van der Waals surface area contributed by atoms with Crippen LogP contribution in [0.5, 0.6) is 5.75 Å². The van der Waals surface area contributed by atoms with Gasteiger partial charge in [0.25, 0.3) is 0 Å². The molecule has 0 aliphatic carbocycles. The van der Waals surface area contributed by atoms with Gasteiger partial charge in [0.15, 0.2) is 0 Å². The highest BCUT2D eigenvalue weighted by molar-refractivity contribution is 7.18. The second kappa shape index (κ2) is 5.79. The second-order valence-electron chi connectivity index (χ2n) is 4.74. The number of hydrogen-bond donors (Lipinski definition) is 1. The van der Waals surface area contributed by atoms with Gasteiger partial charge in [-0.05, 0) is 24.3 Å². The highest BCUT2D eigenvalue weighted by Gasteiger charge is 2.18. The molecule has 3 nitrogen and oxygen atoms in total. The molecule has 3 rings (SSSR count). The van der Waals surface area contributed by atoms with Crippen LogP contribution in [0.1, 0.15) is 16.6 Å². The van der Waals surface area contributed by atoms with Gasteiger partial charge in [-0.2, -0.15) is 0 Å². The van der Waals surface area contributed by atoms with E-state index >= 15 is 0 Å². The van der Waals surface area contributed by atoms with Crippen LogP contribution >= 0.6 is 11.3 Å². The first kappa shape index (κ1) is 14.0. The van der Waals surface area contributed by atoms with Crippen LogP contribution in [-0.2, 0) is 6.42 Å². The third-order valence-corrected chi connectivity index (χ3v) is 4.40. The standard InChI is InChI=1S/C16H15FN2OS/c1-20-13-7-4-5-10(17)16(13)11(18)9-15-19-12-6-2-3-8-14(12)21-15/h2-8,11H,9,18H2,1H3. The normalized spacial score (nSPS) is 12.5. The fraction of sp³-hybridized carbons (Fsp3) is 0.188. The molecule has 0 bridgehead atoms. The van der Waals surface area contributed by atoms with Crippen LogP contribution in [0.4, 0.5) is 4.39 Å². The number of nitrogens with two attached hydrogens (primary N) is 1. The smallest absolute Gasteiger partial charge is 0.131 e. The van der Waals surface area contributed by atoms with E-state index in [1.807, 2.05) is 24.3 Å². The number of aromatic nitrogens is 1. The Morgan fingerprint density at radius 1 is 1.24 bits per heavy atom. The Hall–Kier alpha value is -1.98. The van der Waals surface area contributed by atoms with Crippen molar-refractivity contribution in [2.45, 2.75) is 12.5 Å². The summed E-state index contributed by atoms with van der Waals surface area (Å²) >= 11 is 1.59. The van der Waals surface area contributed by atoms with Crippen molar-refractivity contribution < 1.29 is 9.13 Å². The van der Waals surface area contributed by atoms with E-state index < -0.39 is 6.04 Å². The lowest BCUT2D eigenvalue weighted by molar-refractivity contribution is 0.399. The van der Waals surface area contributed by atoms with E-state index in [9.17, 15) is 4.39 Å². The van der Waals surface area contributed by atoms with E-state index in [4.69, 9.17) is 10.5 Å². The molecule has 0 aliphatic heterocycles. The van der Waals surface area contributed by atoms with E-state index in [1.54, 1.807) is 23.5 Å². The summed E-state index contributed by atoms with van der Waals surface area (Å²) in [6.07, 6.45) is 0.483. The number of hydrogen-bond acceptors (Lipinski definition) is 4. The number of ether oxygens (including phenoxy) is 1. The molecule has 2 N–H and O–H groups in total. The van der Waals surface area contributed by atoms with Gasteiger partial charge in [-0.25, -0.2) is 9.37 Å². The molecule has 0 radical (unpaired) electrons. The average molecular weight is 302 g/mol. The minimum Gasteiger partial charge on any atom is -0.496 e. The van der Waals surface area contributed by atoms with Crippen molar-refractivity contribution in [3.05, 3.63) is 58.9 Å². The average Bonchev–Trinajstić information content (AvgIpc) is 2.88. The van der Waals surface area contributed by atoms with Crippen molar-refractivity contribution in [1.82, 2.24) is 4.98 Å². The Bertz CT molecular complexity index is 739. The van der Waals surface area contributed by atoms with E-state index in [1.165, 1.54) is 13.2 Å². The second-order valence-corrected chi connectivity index (χ2v) is 5.86. The Morgan fingerprint density at radius 3 is 2.81 bits per heavy atom. The molecule has 1 unspecified atom stereocenters. The molecule has 2 aromatic carbocycles. The van der Waals surface area contributed by atoms with E-state index in [0.29, 0.717) is 17.7 Å². The molecular weight excluding hydrogens is 287 g/mol. The fourth-order valence-corrected chi connectivity index (χ4v) is 3.38. The maximum Gasteiger partial charge on any atom is 0.131 e. The van der Waals surface area contributed by atoms with Crippen LogP contribution in [-0.4, -0.2) is 12.1 Å². The van der Waals surface area contributed by atoms with Crippen LogP contribution < -0.4 is 10.5 Å². The van der Waals surface area contributed by atoms with Crippen LogP contribution in [0, 0.1) is 5.82 Å². The molecule has 0 aliphatic rings. The Morgan fingerprint density at radius 2 is 2.05 bits per heavy atom. The van der Waals surface area contributed by atoms with Crippen molar-refractivity contribution >= 4 is 21.6 Å². The number of para-hydroxylation sites is 1. The molecule has 1 atom stereocenters. The van der Waals surface area contributed by atoms with Crippen molar-refractivity contribution in [2.75, 3.05) is 7.11 Å². The van der Waals surface area contributed by atoms with Crippen molar-refractivity contribution in [3.63, 3.8) is 0 Å². The van der Waals surface area contributed by atoms with Crippen LogP contribution in [0.15, 0.2) is 42.5 Å². The molecule has 5 heteroatoms. The molecule has 0 fully saturated rings. The molecule has 0 spiro atoms. The highest BCUT2D eigenvalue weighted by atomic mass is 32.1. The van der Waals surface area contributed by atoms with E-state index in [2.05, 4.69) is 4.98 Å². The van der Waals surface area contributed by atoms with Crippen molar-refractivity contribution in [2.24, 2.45) is 5.73 Å². The maximum atomic E-state index is 14.0. The van der Waals surface area contributed by atoms with Gasteiger partial charge < -0.3 is 10.5 Å². The molecule has 0 saturated carbocycles. The molecule has 0 amide bonds. The topological polar surface area (TPSA) is 48.1 Å². The summed E-state index contributed by atoms with van der Waals surface area (Å²) in [5, 5.41) is 0.897. The third-order valence-electron chi connectivity index (χ3n) is 3.34. The predicted molar refractivity (Wildman–Crippen MR) is 83.2 cm³/mol. The van der Waals surface area contributed by atoms with Gasteiger partial charge in [0.2, 0.25) is 0 Å². The highest BCUT2D eigenvalue weighted by Crippen LogP contribution is 2.30. The van der Waals surface area contributed by atoms with Gasteiger partial charge in [-0.15, -0.1) is 11.3 Å². The minimum atomic E-state index is -0.485. The number of halogens is 1. The minimum absolute atomic E-state index is 0.344. The number of benzene rings is 2. The monoisotopic (exact) mass is 302 g/mol. The Balaban J connectivity index is 1.91. The Labute approximate surface area is 126 Å². The number of nitrogens with zero attached hydrogens (tertiary/aromatic N) is 1. The summed E-state index contributed by atoms with van der Waals surface area (Å²) in [5.74, 6) is 0.131. The number of fused-ring (bicyclic) bond motifs is 1. The van der Waals surface area contributed by atoms with Gasteiger partial charge in [0.05, 0.1) is 22.3 Å². The lowest BCUT2D eigenvalue weighted by Crippen LogP contribution is -2.16. The van der Waals surface area contributed by atoms with Gasteiger partial charge in [-0.3, -0.25) is 0 Å². The van der Waals surface area contributed by atoms with Gasteiger partial charge in [0.1, 0.15) is 11.6 Å². The first-order valence-electron chi connectivity index (χ1n) is 6.61. The summed E-state index contributed by atoms with van der Waals surface area (Å²) in [5.41, 5.74) is 7.52. The summed E-state index contributed by atoms with van der Waals surface area (Å²) < 4.78 is 20.3. The molecule has 0 saturated heterocycles. The molecule has 1 heterocycles. The predicted octanol–water partition coefficient (Wildman–Crippen LogP) is 3.69. The first-order valence-corrected chi connectivity index (χ1v) is 7.43. The SMILES string of the molecule is COc1cccc(F)c1C(N)Cc1nc2ccccc2s1. The summed E-state index contributed by atoms with van der Waals surface area (Å²) in [7, 11) is 1.52. The quantitative estimate of drug-likeness (QED) is 0.799. The first-order chi connectivity index (χ1) is 10.2. The van der Waals surface area contributed by atoms with Gasteiger partial charge in [0, 0.05) is 18.0 Å². The maximum absolute atomic E-state index is 14.0. The zero-order valence-electron chi connectivity index (χ0n) is 11.5. The third kappa shape index (κ3) is 2.75. The summed E-state index contributed by atoms with van der Waals surface area (Å²) in [4.78, 5) is 4.54. The van der Waals surface area contributed by atoms with Crippen LogP contribution in [0.2, 0.25) is 0 Å². The van der Waals surface area contributed by atoms with E-state index in [0.717, 1.165) is 15.2 Å². The summed E-state index contributed by atoms with van der Waals surface area (Å²) in [6, 6.07) is 12.2. The van der Waals surface area contributed by atoms with Crippen LogP contribution in [0.3, 0.4) is 0 Å². The zero-order valence-corrected chi connectivity index (χ0v) is 12.4. The van der Waals surface area contributed by atoms with E-state index in [-0.39, 0.29) is 5.82 Å². The Kier molecular flexibility index (Phi) is 3.86. The summed E-state index contributed by atoms with van der Waals surface area (Å²) in [6.45, 7) is 0. The van der Waals surface area contributed by atoms with Gasteiger partial charge in [-0.1, -0.05) is 18.2 Å². The molecule has 21 heavy (non-hydrogen) atoms. The van der Waals surface area contributed by atoms with Crippen molar-refractivity contribution in [1.29, 1.82) is 0 Å². The number of methoxy groups -OCH3 is 1. The lowest BCUT2D eigenvalue weighted by atomic mass is 10.0. The lowest BCUT2D eigenvalue weighted by Gasteiger charge is -2.15. The molecule has 3 aromatic rings. The molecular formula is C16H15FN2OS. The molecule has 108 valence electrons. The molecule has 1 aromatic heterocycles. The van der Waals surface area contributed by atoms with Crippen molar-refractivity contribution in [3.8, 4) is 5.75 Å². The number of rotatable bonds is 4. The fourth-order valence-electron chi connectivity index (χ4n) is 2.35. The largest absolute Gasteiger partial charge is 0.496 e. The number of thiazole rings is 1. The zero-order chi connectivity index (χ0) is 14.8. The van der Waals surface area contributed by atoms with Gasteiger partial charge >= 0.3 is 0 Å². The van der Waals surface area contributed by atoms with Crippen LogP contribution in [0.25, 0.3) is 10.2 Å².